The molecule has 0 saturated heterocycles. The van der Waals surface area contributed by atoms with Crippen molar-refractivity contribution in [1.29, 1.82) is 0 Å². The van der Waals surface area contributed by atoms with Crippen molar-refractivity contribution in [3.05, 3.63) is 117 Å². The third-order valence-corrected chi connectivity index (χ3v) is 10.6. The van der Waals surface area contributed by atoms with E-state index in [1.165, 1.54) is 75.3 Å². The van der Waals surface area contributed by atoms with Gasteiger partial charge in [0.15, 0.2) is 0 Å². The molecule has 2 aliphatic carbocycles. The zero-order valence-corrected chi connectivity index (χ0v) is 32.7. The Hall–Kier alpha value is -1.38. The van der Waals surface area contributed by atoms with E-state index in [0.29, 0.717) is 5.92 Å². The van der Waals surface area contributed by atoms with Crippen molar-refractivity contribution in [3.63, 3.8) is 0 Å². The monoisotopic (exact) mass is 710 g/mol. The van der Waals surface area contributed by atoms with Gasteiger partial charge in [0.2, 0.25) is 0 Å². The topological polar surface area (TPSA) is 0 Å². The molecule has 0 heterocycles. The molecule has 1 atom stereocenters. The number of rotatable bonds is 2. The first kappa shape index (κ1) is 39.6. The molecule has 3 aromatic rings. The normalized spacial score (nSPS) is 15.2. The summed E-state index contributed by atoms with van der Waals surface area (Å²) in [5.41, 5.74) is 11.3. The van der Waals surface area contributed by atoms with Crippen LogP contribution >= 0.6 is 0 Å². The van der Waals surface area contributed by atoms with Crippen molar-refractivity contribution in [2.75, 3.05) is 0 Å². The first-order valence-electron chi connectivity index (χ1n) is 14.7. The predicted octanol–water partition coefficient (Wildman–Crippen LogP) is 4.37. The van der Waals surface area contributed by atoms with Crippen LogP contribution in [0, 0.1) is 23.9 Å². The SMILES string of the molecule is CC(C)(C)c1c[c-]c2c(c1)-c1cc(C(C)(C)C)ccc1C2.CC1=[C-]C(C)C=C1[Si](C)(C)C.Fc1ccc([CH]=[Zr+2])cc1.[Cl-].[Cl-]. The Labute approximate surface area is 289 Å². The van der Waals surface area contributed by atoms with Crippen molar-refractivity contribution in [1.82, 2.24) is 0 Å². The summed E-state index contributed by atoms with van der Waals surface area (Å²) in [4.78, 5) is 0. The average molecular weight is 713 g/mol. The zero-order chi connectivity index (χ0) is 30.8. The van der Waals surface area contributed by atoms with Crippen LogP contribution in [0.4, 0.5) is 4.39 Å². The summed E-state index contributed by atoms with van der Waals surface area (Å²) in [6, 6.07) is 21.5. The summed E-state index contributed by atoms with van der Waals surface area (Å²) in [6.07, 6.45) is 6.84. The number of fused-ring (bicyclic) bond motifs is 3. The minimum Gasteiger partial charge on any atom is -1.00 e. The molecule has 0 N–H and O–H groups in total. The predicted molar refractivity (Wildman–Crippen MR) is 176 cm³/mol. The van der Waals surface area contributed by atoms with Crippen LogP contribution in [0.5, 0.6) is 0 Å². The van der Waals surface area contributed by atoms with Crippen LogP contribution in [0.25, 0.3) is 11.1 Å². The molecule has 0 fully saturated rings. The second kappa shape index (κ2) is 15.8. The van der Waals surface area contributed by atoms with Crippen LogP contribution in [-0.4, -0.2) is 11.8 Å². The summed E-state index contributed by atoms with van der Waals surface area (Å²) < 4.78 is 14.2. The summed E-state index contributed by atoms with van der Waals surface area (Å²) in [5, 5.41) is 1.60. The second-order valence-corrected chi connectivity index (χ2v) is 20.2. The molecular formula is C38H47Cl2FSiZr-2. The fraction of sp³-hybridized carbons (Fsp3) is 0.395. The van der Waals surface area contributed by atoms with Crippen LogP contribution in [0.3, 0.4) is 0 Å². The number of halogens is 3. The van der Waals surface area contributed by atoms with Gasteiger partial charge in [0.25, 0.3) is 0 Å². The second-order valence-electron chi connectivity index (χ2n) is 14.4. The van der Waals surface area contributed by atoms with Gasteiger partial charge in [0, 0.05) is 0 Å². The van der Waals surface area contributed by atoms with Crippen LogP contribution in [-0.2, 0) is 41.5 Å². The minimum atomic E-state index is -1.07. The van der Waals surface area contributed by atoms with Crippen molar-refractivity contribution >= 4 is 11.8 Å². The van der Waals surface area contributed by atoms with E-state index in [0.717, 1.165) is 12.0 Å². The molecule has 0 bridgehead atoms. The molecule has 0 nitrogen and oxygen atoms in total. The molecule has 0 radical (unpaired) electrons. The Balaban J connectivity index is 0.000000356. The van der Waals surface area contributed by atoms with Crippen molar-refractivity contribution in [3.8, 4) is 11.1 Å². The largest absolute Gasteiger partial charge is 1.00 e. The molecule has 0 spiro atoms. The van der Waals surface area contributed by atoms with Gasteiger partial charge < -0.3 is 24.8 Å². The van der Waals surface area contributed by atoms with E-state index in [2.05, 4.69) is 124 Å². The van der Waals surface area contributed by atoms with Gasteiger partial charge in [-0.1, -0.05) is 116 Å². The maximum Gasteiger partial charge on any atom is -1.00 e. The Kier molecular flexibility index (Phi) is 14.5. The van der Waals surface area contributed by atoms with Gasteiger partial charge in [0.05, 0.1) is 0 Å². The average Bonchev–Trinajstić information content (AvgIpc) is 3.42. The molecule has 0 aromatic heterocycles. The fourth-order valence-corrected chi connectivity index (χ4v) is 7.61. The number of allylic oxidation sites excluding steroid dienone is 4. The standard InChI is InChI=1S/C21H25.C10H17Si.C7H5F.2ClH.Zr/c1-20(2,3)16-9-7-14-11-15-8-10-17(21(4,5)6)13-19(15)18(14)12-16;1-8-6-9(2)10(7-8)11(3,4)5;1-6-2-4-7(8)5-3-6;;;/h7,9-10,12-13H,11H2,1-6H3;7-8H,1-5H3;1-5H;2*1H;/q2*-1;;;;+2/p-2. The smallest absolute Gasteiger partial charge is 1.00 e. The van der Waals surface area contributed by atoms with Gasteiger partial charge in [-0.25, -0.2) is 10.8 Å². The van der Waals surface area contributed by atoms with Gasteiger partial charge in [-0.05, 0) is 25.5 Å². The molecule has 0 aliphatic heterocycles. The van der Waals surface area contributed by atoms with Crippen LogP contribution in [0.1, 0.15) is 83.2 Å². The van der Waals surface area contributed by atoms with E-state index in [1.807, 2.05) is 3.71 Å². The Bertz CT molecular complexity index is 1390. The van der Waals surface area contributed by atoms with E-state index < -0.39 is 8.07 Å². The Morgan fingerprint density at radius 2 is 1.42 bits per heavy atom. The molecule has 230 valence electrons. The Morgan fingerprint density at radius 1 is 0.860 bits per heavy atom. The Morgan fingerprint density at radius 3 is 1.86 bits per heavy atom. The molecule has 2 aliphatic rings. The molecule has 5 rings (SSSR count). The van der Waals surface area contributed by atoms with Crippen LogP contribution in [0.2, 0.25) is 19.6 Å². The summed E-state index contributed by atoms with van der Waals surface area (Å²) in [7, 11) is -1.07. The van der Waals surface area contributed by atoms with Crippen molar-refractivity contribution in [2.24, 2.45) is 5.92 Å². The van der Waals surface area contributed by atoms with E-state index in [4.69, 9.17) is 0 Å². The van der Waals surface area contributed by atoms with Gasteiger partial charge in [-0.3, -0.25) is 6.08 Å². The zero-order valence-electron chi connectivity index (χ0n) is 27.8. The maximum absolute atomic E-state index is 12.2. The van der Waals surface area contributed by atoms with E-state index >= 15 is 0 Å². The molecule has 5 heteroatoms. The third kappa shape index (κ3) is 10.9. The van der Waals surface area contributed by atoms with Gasteiger partial charge in [-0.15, -0.1) is 5.56 Å². The number of benzene rings is 3. The van der Waals surface area contributed by atoms with E-state index in [-0.39, 0.29) is 41.5 Å². The summed E-state index contributed by atoms with van der Waals surface area (Å²) >= 11 is 1.34. The first-order chi connectivity index (χ1) is 18.9. The van der Waals surface area contributed by atoms with Gasteiger partial charge >= 0.3 is 68.0 Å². The quantitative estimate of drug-likeness (QED) is 0.214. The number of hydrogen-bond donors (Lipinski definition) is 0. The van der Waals surface area contributed by atoms with E-state index in [9.17, 15) is 4.39 Å². The van der Waals surface area contributed by atoms with Crippen LogP contribution in [0.15, 0.2) is 71.4 Å². The number of hydrogen-bond acceptors (Lipinski definition) is 0. The summed E-state index contributed by atoms with van der Waals surface area (Å²) in [5.74, 6) is 0.383. The summed E-state index contributed by atoms with van der Waals surface area (Å²) in [6.45, 7) is 25.2. The molecule has 1 unspecified atom stereocenters. The molecule has 0 saturated carbocycles. The molecule has 43 heavy (non-hydrogen) atoms. The third-order valence-electron chi connectivity index (χ3n) is 7.64. The van der Waals surface area contributed by atoms with E-state index in [1.54, 1.807) is 17.3 Å². The van der Waals surface area contributed by atoms with Crippen molar-refractivity contribution in [2.45, 2.75) is 92.3 Å². The minimum absolute atomic E-state index is 0. The first-order valence-corrected chi connectivity index (χ1v) is 19.6. The van der Waals surface area contributed by atoms with Gasteiger partial charge in [-0.2, -0.15) is 35.4 Å². The van der Waals surface area contributed by atoms with Crippen LogP contribution < -0.4 is 24.8 Å². The maximum atomic E-state index is 12.2. The van der Waals surface area contributed by atoms with Gasteiger partial charge in [0.1, 0.15) is 0 Å². The molecule has 3 aromatic carbocycles. The van der Waals surface area contributed by atoms with Crippen molar-refractivity contribution < 1.29 is 53.4 Å². The molecule has 0 amide bonds. The molecular weight excluding hydrogens is 666 g/mol. The fourth-order valence-electron chi connectivity index (χ4n) is 5.19.